The predicted octanol–water partition coefficient (Wildman–Crippen LogP) is 3.99. The molecule has 2 fully saturated rings. The quantitative estimate of drug-likeness (QED) is 0.895. The van der Waals surface area contributed by atoms with Crippen molar-refractivity contribution in [2.75, 3.05) is 13.7 Å². The molecular weight excluding hydrogens is 322 g/mol. The van der Waals surface area contributed by atoms with E-state index in [1.165, 1.54) is 24.0 Å². The summed E-state index contributed by atoms with van der Waals surface area (Å²) >= 11 is 6.39. The lowest BCUT2D eigenvalue weighted by atomic mass is 9.86. The third-order valence-corrected chi connectivity index (χ3v) is 6.66. The molecule has 0 aromatic heterocycles. The molecule has 0 saturated heterocycles. The van der Waals surface area contributed by atoms with Crippen molar-refractivity contribution in [3.63, 3.8) is 0 Å². The number of fused-ring (bicyclic) bond motifs is 2. The molecule has 2 saturated carbocycles. The van der Waals surface area contributed by atoms with E-state index in [4.69, 9.17) is 16.3 Å². The average molecular weight is 350 g/mol. The highest BCUT2D eigenvalue weighted by Gasteiger charge is 2.42. The first kappa shape index (κ1) is 16.7. The molecule has 2 aliphatic carbocycles. The number of aliphatic hydroxyl groups is 1. The molecule has 4 rings (SSSR count). The van der Waals surface area contributed by atoms with Crippen molar-refractivity contribution in [3.05, 3.63) is 28.3 Å². The Kier molecular flexibility index (Phi) is 4.10. The number of rotatable bonds is 3. The molecular formula is C20H28ClNO2. The van der Waals surface area contributed by atoms with E-state index in [9.17, 15) is 5.11 Å². The lowest BCUT2D eigenvalue weighted by Crippen LogP contribution is -2.30. The van der Waals surface area contributed by atoms with Gasteiger partial charge in [-0.1, -0.05) is 25.4 Å². The van der Waals surface area contributed by atoms with Crippen molar-refractivity contribution in [2.45, 2.75) is 63.6 Å². The van der Waals surface area contributed by atoms with Gasteiger partial charge in [0.05, 0.1) is 12.7 Å². The fourth-order valence-electron chi connectivity index (χ4n) is 5.08. The first-order chi connectivity index (χ1) is 11.3. The van der Waals surface area contributed by atoms with Crippen LogP contribution in [0.4, 0.5) is 0 Å². The minimum Gasteiger partial charge on any atom is -0.492 e. The Morgan fingerprint density at radius 2 is 1.88 bits per heavy atom. The van der Waals surface area contributed by atoms with E-state index < -0.39 is 0 Å². The summed E-state index contributed by atoms with van der Waals surface area (Å²) in [6.07, 6.45) is 4.37. The van der Waals surface area contributed by atoms with E-state index in [1.807, 2.05) is 0 Å². The predicted molar refractivity (Wildman–Crippen MR) is 96.7 cm³/mol. The molecule has 0 radical (unpaired) electrons. The van der Waals surface area contributed by atoms with Gasteiger partial charge in [-0.15, -0.1) is 0 Å². The van der Waals surface area contributed by atoms with Crippen LogP contribution in [0.2, 0.25) is 5.02 Å². The Bertz CT molecular complexity index is 631. The number of aliphatic hydroxyl groups excluding tert-OH is 1. The Hall–Kier alpha value is -0.770. The van der Waals surface area contributed by atoms with Gasteiger partial charge in [0.25, 0.3) is 0 Å². The largest absolute Gasteiger partial charge is 0.492 e. The van der Waals surface area contributed by atoms with Gasteiger partial charge in [0, 0.05) is 34.2 Å². The van der Waals surface area contributed by atoms with Crippen molar-refractivity contribution in [1.82, 2.24) is 4.90 Å². The first-order valence-corrected chi connectivity index (χ1v) is 9.55. The van der Waals surface area contributed by atoms with Gasteiger partial charge in [0.2, 0.25) is 0 Å². The van der Waals surface area contributed by atoms with Crippen molar-refractivity contribution in [2.24, 2.45) is 11.8 Å². The second-order valence-electron chi connectivity index (χ2n) is 8.80. The molecule has 2 unspecified atom stereocenters. The van der Waals surface area contributed by atoms with Gasteiger partial charge in [0.1, 0.15) is 5.75 Å². The zero-order valence-electron chi connectivity index (χ0n) is 14.9. The maximum Gasteiger partial charge on any atom is 0.127 e. The highest BCUT2D eigenvalue weighted by Crippen LogP contribution is 2.47. The molecule has 1 aromatic carbocycles. The third-order valence-electron chi connectivity index (χ3n) is 6.45. The maximum absolute atomic E-state index is 9.84. The van der Waals surface area contributed by atoms with Gasteiger partial charge in [0.15, 0.2) is 0 Å². The summed E-state index contributed by atoms with van der Waals surface area (Å²) < 4.78 is 6.03. The summed E-state index contributed by atoms with van der Waals surface area (Å²) in [5.41, 5.74) is 2.49. The molecule has 0 amide bonds. The fraction of sp³-hybridized carbons (Fsp3) is 0.700. The minimum absolute atomic E-state index is 0.0358. The van der Waals surface area contributed by atoms with Crippen LogP contribution in [0.3, 0.4) is 0 Å². The van der Waals surface area contributed by atoms with Gasteiger partial charge >= 0.3 is 0 Å². The highest BCUT2D eigenvalue weighted by atomic mass is 35.5. The van der Waals surface area contributed by atoms with Crippen molar-refractivity contribution >= 4 is 11.6 Å². The summed E-state index contributed by atoms with van der Waals surface area (Å²) in [7, 11) is 2.22. The van der Waals surface area contributed by atoms with Gasteiger partial charge in [-0.05, 0) is 56.7 Å². The van der Waals surface area contributed by atoms with E-state index in [0.29, 0.717) is 17.9 Å². The van der Waals surface area contributed by atoms with Crippen LogP contribution in [0.1, 0.15) is 50.7 Å². The second-order valence-corrected chi connectivity index (χ2v) is 9.24. The van der Waals surface area contributed by atoms with Crippen molar-refractivity contribution in [3.8, 4) is 5.75 Å². The number of ether oxygens (including phenoxy) is 1. The minimum atomic E-state index is -0.0573. The van der Waals surface area contributed by atoms with E-state index >= 15 is 0 Å². The van der Waals surface area contributed by atoms with Gasteiger partial charge < -0.3 is 9.84 Å². The summed E-state index contributed by atoms with van der Waals surface area (Å²) in [4.78, 5) is 2.46. The van der Waals surface area contributed by atoms with Crippen LogP contribution in [0.25, 0.3) is 0 Å². The topological polar surface area (TPSA) is 32.7 Å². The van der Waals surface area contributed by atoms with E-state index in [0.717, 1.165) is 36.8 Å². The zero-order chi connectivity index (χ0) is 17.1. The monoisotopic (exact) mass is 349 g/mol. The van der Waals surface area contributed by atoms with E-state index in [2.05, 4.69) is 37.9 Å². The van der Waals surface area contributed by atoms with Gasteiger partial charge in [-0.2, -0.15) is 0 Å². The van der Waals surface area contributed by atoms with Crippen molar-refractivity contribution in [1.29, 1.82) is 0 Å². The van der Waals surface area contributed by atoms with E-state index in [-0.39, 0.29) is 11.5 Å². The first-order valence-electron chi connectivity index (χ1n) is 9.17. The summed E-state index contributed by atoms with van der Waals surface area (Å²) in [6, 6.07) is 4.74. The standard InChI is InChI=1S/C20H28ClNO2/c1-20(2)11-24-19-14(4-15(21)9-18(19)20)10-22(3)16-5-12-7-17(23)8-13(12)6-16/h4,9,12-13,16-17,23H,5-8,10-11H2,1-3H3/t12-,13+,16?,17?. The van der Waals surface area contributed by atoms with Crippen LogP contribution < -0.4 is 4.74 Å². The van der Waals surface area contributed by atoms with Gasteiger partial charge in [-0.25, -0.2) is 0 Å². The number of nitrogens with zero attached hydrogens (tertiary/aromatic N) is 1. The molecule has 4 atom stereocenters. The molecule has 24 heavy (non-hydrogen) atoms. The summed E-state index contributed by atoms with van der Waals surface area (Å²) in [5.74, 6) is 2.48. The summed E-state index contributed by atoms with van der Waals surface area (Å²) in [5, 5.41) is 10.6. The highest BCUT2D eigenvalue weighted by molar-refractivity contribution is 6.30. The molecule has 132 valence electrons. The van der Waals surface area contributed by atoms with Crippen LogP contribution in [0, 0.1) is 11.8 Å². The average Bonchev–Trinajstić information content (AvgIpc) is 3.11. The Balaban J connectivity index is 1.50. The van der Waals surface area contributed by atoms with Crippen LogP contribution >= 0.6 is 11.6 Å². The molecule has 3 nitrogen and oxygen atoms in total. The van der Waals surface area contributed by atoms with Crippen LogP contribution in [-0.2, 0) is 12.0 Å². The Labute approximate surface area is 149 Å². The molecule has 0 spiro atoms. The number of halogens is 1. The molecule has 1 heterocycles. The molecule has 3 aliphatic rings. The van der Waals surface area contributed by atoms with Crippen molar-refractivity contribution < 1.29 is 9.84 Å². The van der Waals surface area contributed by atoms with Crippen LogP contribution in [0.15, 0.2) is 12.1 Å². The fourth-order valence-corrected chi connectivity index (χ4v) is 5.32. The molecule has 1 aromatic rings. The molecule has 4 heteroatoms. The van der Waals surface area contributed by atoms with Gasteiger partial charge in [-0.3, -0.25) is 4.90 Å². The smallest absolute Gasteiger partial charge is 0.127 e. The lowest BCUT2D eigenvalue weighted by Gasteiger charge is -2.26. The maximum atomic E-state index is 9.84. The number of hydrogen-bond acceptors (Lipinski definition) is 3. The molecule has 1 aliphatic heterocycles. The number of hydrogen-bond donors (Lipinski definition) is 1. The third kappa shape index (κ3) is 2.85. The normalized spacial score (nSPS) is 33.6. The molecule has 1 N–H and O–H groups in total. The summed E-state index contributed by atoms with van der Waals surface area (Å²) in [6.45, 7) is 6.04. The van der Waals surface area contributed by atoms with Crippen LogP contribution in [-0.4, -0.2) is 35.8 Å². The SMILES string of the molecule is CN(Cc1cc(Cl)cc2c1OCC2(C)C)C1C[C@H]2CC(O)C[C@H]2C1. The lowest BCUT2D eigenvalue weighted by molar-refractivity contribution is 0.157. The zero-order valence-corrected chi connectivity index (χ0v) is 15.6. The Morgan fingerprint density at radius 3 is 2.54 bits per heavy atom. The van der Waals surface area contributed by atoms with E-state index in [1.54, 1.807) is 0 Å². The Morgan fingerprint density at radius 1 is 1.21 bits per heavy atom. The molecule has 0 bridgehead atoms. The second kappa shape index (κ2) is 5.89. The van der Waals surface area contributed by atoms with Crippen LogP contribution in [0.5, 0.6) is 5.75 Å². The number of benzene rings is 1.